The molecule has 0 spiro atoms. The van der Waals surface area contributed by atoms with Gasteiger partial charge in [0.25, 0.3) is 0 Å². The molecule has 0 aliphatic carbocycles. The van der Waals surface area contributed by atoms with E-state index in [-0.39, 0.29) is 5.91 Å². The first-order chi connectivity index (χ1) is 12.1. The monoisotopic (exact) mass is 341 g/mol. The summed E-state index contributed by atoms with van der Waals surface area (Å²) < 4.78 is 10.6. The van der Waals surface area contributed by atoms with E-state index in [0.29, 0.717) is 31.0 Å². The molecule has 134 valence electrons. The van der Waals surface area contributed by atoms with Crippen molar-refractivity contribution in [1.29, 1.82) is 0 Å². The van der Waals surface area contributed by atoms with Gasteiger partial charge in [0.15, 0.2) is 11.5 Å². The average molecular weight is 341 g/mol. The van der Waals surface area contributed by atoms with Crippen molar-refractivity contribution in [2.75, 3.05) is 20.8 Å². The summed E-state index contributed by atoms with van der Waals surface area (Å²) in [6.07, 6.45) is 1.28. The van der Waals surface area contributed by atoms with Crippen molar-refractivity contribution in [1.82, 2.24) is 4.90 Å². The molecule has 0 aromatic heterocycles. The van der Waals surface area contributed by atoms with Crippen molar-refractivity contribution in [3.8, 4) is 11.5 Å². The van der Waals surface area contributed by atoms with Gasteiger partial charge in [-0.1, -0.05) is 35.9 Å². The zero-order chi connectivity index (χ0) is 18.2. The Morgan fingerprint density at radius 3 is 2.20 bits per heavy atom. The number of rotatable bonds is 8. The molecule has 0 aliphatic heterocycles. The molecule has 0 bridgehead atoms. The van der Waals surface area contributed by atoms with Gasteiger partial charge < -0.3 is 14.4 Å². The summed E-state index contributed by atoms with van der Waals surface area (Å²) >= 11 is 0. The molecular formula is C21H27NO3. The summed E-state index contributed by atoms with van der Waals surface area (Å²) in [4.78, 5) is 14.4. The van der Waals surface area contributed by atoms with E-state index < -0.39 is 0 Å². The molecule has 2 rings (SSSR count). The molecule has 0 fully saturated rings. The number of amides is 1. The minimum atomic E-state index is 0.165. The van der Waals surface area contributed by atoms with Crippen LogP contribution in [0, 0.1) is 6.92 Å². The van der Waals surface area contributed by atoms with E-state index >= 15 is 0 Å². The van der Waals surface area contributed by atoms with Gasteiger partial charge in [0.2, 0.25) is 5.91 Å². The predicted molar refractivity (Wildman–Crippen MR) is 100 cm³/mol. The predicted octanol–water partition coefficient (Wildman–Crippen LogP) is 3.99. The second-order valence-electron chi connectivity index (χ2n) is 6.08. The van der Waals surface area contributed by atoms with Crippen LogP contribution in [-0.2, 0) is 17.8 Å². The normalized spacial score (nSPS) is 10.4. The molecule has 4 heteroatoms. The Bertz CT molecular complexity index is 695. The van der Waals surface area contributed by atoms with Crippen LogP contribution in [0.3, 0.4) is 0 Å². The van der Waals surface area contributed by atoms with E-state index in [1.807, 2.05) is 30.0 Å². The first-order valence-electron chi connectivity index (χ1n) is 8.61. The molecule has 0 N–H and O–H groups in total. The summed E-state index contributed by atoms with van der Waals surface area (Å²) in [7, 11) is 3.23. The van der Waals surface area contributed by atoms with E-state index in [1.165, 1.54) is 11.1 Å². The maximum absolute atomic E-state index is 12.6. The van der Waals surface area contributed by atoms with Crippen molar-refractivity contribution in [2.45, 2.75) is 33.2 Å². The van der Waals surface area contributed by atoms with Gasteiger partial charge in [0.1, 0.15) is 0 Å². The van der Waals surface area contributed by atoms with Crippen molar-refractivity contribution < 1.29 is 14.3 Å². The summed E-state index contributed by atoms with van der Waals surface area (Å²) in [5, 5.41) is 0. The van der Waals surface area contributed by atoms with Gasteiger partial charge in [-0.05, 0) is 43.5 Å². The van der Waals surface area contributed by atoms with Crippen LogP contribution in [0.15, 0.2) is 42.5 Å². The number of hydrogen-bond donors (Lipinski definition) is 0. The molecular weight excluding hydrogens is 314 g/mol. The Hall–Kier alpha value is -2.49. The Morgan fingerprint density at radius 2 is 1.60 bits per heavy atom. The highest BCUT2D eigenvalue weighted by atomic mass is 16.5. The van der Waals surface area contributed by atoms with Gasteiger partial charge in [-0.2, -0.15) is 0 Å². The molecule has 0 unspecified atom stereocenters. The fraction of sp³-hybridized carbons (Fsp3) is 0.381. The van der Waals surface area contributed by atoms with Crippen molar-refractivity contribution in [3.63, 3.8) is 0 Å². The first kappa shape index (κ1) is 18.8. The van der Waals surface area contributed by atoms with Crippen LogP contribution in [0.4, 0.5) is 0 Å². The number of carbonyl (C=O) groups excluding carboxylic acids is 1. The van der Waals surface area contributed by atoms with Crippen LogP contribution in [0.2, 0.25) is 0 Å². The fourth-order valence-electron chi connectivity index (χ4n) is 2.74. The number of carbonyl (C=O) groups is 1. The summed E-state index contributed by atoms with van der Waals surface area (Å²) in [6.45, 7) is 5.33. The quantitative estimate of drug-likeness (QED) is 0.729. The van der Waals surface area contributed by atoms with Gasteiger partial charge in [-0.15, -0.1) is 0 Å². The Balaban J connectivity index is 1.98. The number of methoxy groups -OCH3 is 2. The molecule has 0 saturated heterocycles. The lowest BCUT2D eigenvalue weighted by molar-refractivity contribution is -0.131. The molecule has 2 aromatic carbocycles. The van der Waals surface area contributed by atoms with Crippen LogP contribution < -0.4 is 9.47 Å². The number of nitrogens with zero attached hydrogens (tertiary/aromatic N) is 1. The minimum absolute atomic E-state index is 0.165. The molecule has 0 radical (unpaired) electrons. The van der Waals surface area contributed by atoms with Crippen LogP contribution in [0.1, 0.15) is 30.0 Å². The fourth-order valence-corrected chi connectivity index (χ4v) is 2.74. The van der Waals surface area contributed by atoms with E-state index in [1.54, 1.807) is 14.2 Å². The third-order valence-corrected chi connectivity index (χ3v) is 4.30. The smallest absolute Gasteiger partial charge is 0.223 e. The number of aryl methyl sites for hydroxylation is 2. The van der Waals surface area contributed by atoms with Gasteiger partial charge >= 0.3 is 0 Å². The highest BCUT2D eigenvalue weighted by Crippen LogP contribution is 2.28. The maximum Gasteiger partial charge on any atom is 0.223 e. The van der Waals surface area contributed by atoms with Crippen LogP contribution in [0.5, 0.6) is 11.5 Å². The van der Waals surface area contributed by atoms with Crippen molar-refractivity contribution in [3.05, 3.63) is 59.2 Å². The minimum Gasteiger partial charge on any atom is -0.493 e. The van der Waals surface area contributed by atoms with E-state index in [2.05, 4.69) is 31.2 Å². The Kier molecular flexibility index (Phi) is 6.87. The van der Waals surface area contributed by atoms with Crippen LogP contribution >= 0.6 is 0 Å². The van der Waals surface area contributed by atoms with E-state index in [9.17, 15) is 4.79 Å². The van der Waals surface area contributed by atoms with E-state index in [4.69, 9.17) is 9.47 Å². The van der Waals surface area contributed by atoms with E-state index in [0.717, 1.165) is 12.0 Å². The largest absolute Gasteiger partial charge is 0.493 e. The third-order valence-electron chi connectivity index (χ3n) is 4.30. The molecule has 0 saturated carbocycles. The molecule has 4 nitrogen and oxygen atoms in total. The highest BCUT2D eigenvalue weighted by Gasteiger charge is 2.14. The van der Waals surface area contributed by atoms with Crippen molar-refractivity contribution in [2.24, 2.45) is 0 Å². The average Bonchev–Trinajstić information content (AvgIpc) is 2.65. The molecule has 1 amide bonds. The summed E-state index contributed by atoms with van der Waals surface area (Å²) in [5.41, 5.74) is 3.46. The summed E-state index contributed by atoms with van der Waals surface area (Å²) in [5.74, 6) is 1.54. The Morgan fingerprint density at radius 1 is 0.960 bits per heavy atom. The molecule has 0 aliphatic rings. The SMILES string of the molecule is CCN(Cc1ccc(OC)c(OC)c1)C(=O)CCc1ccc(C)cc1. The zero-order valence-electron chi connectivity index (χ0n) is 15.5. The summed E-state index contributed by atoms with van der Waals surface area (Å²) in [6, 6.07) is 14.1. The first-order valence-corrected chi connectivity index (χ1v) is 8.61. The van der Waals surface area contributed by atoms with Crippen LogP contribution in [-0.4, -0.2) is 31.6 Å². The topological polar surface area (TPSA) is 38.8 Å². The Labute approximate surface area is 150 Å². The number of hydrogen-bond acceptors (Lipinski definition) is 3. The molecule has 25 heavy (non-hydrogen) atoms. The third kappa shape index (κ3) is 5.24. The highest BCUT2D eigenvalue weighted by molar-refractivity contribution is 5.76. The van der Waals surface area contributed by atoms with Gasteiger partial charge in [-0.25, -0.2) is 0 Å². The van der Waals surface area contributed by atoms with Gasteiger partial charge in [-0.3, -0.25) is 4.79 Å². The molecule has 0 heterocycles. The second-order valence-corrected chi connectivity index (χ2v) is 6.08. The molecule has 2 aromatic rings. The lowest BCUT2D eigenvalue weighted by atomic mass is 10.1. The van der Waals surface area contributed by atoms with Gasteiger partial charge in [0.05, 0.1) is 14.2 Å². The lowest BCUT2D eigenvalue weighted by Crippen LogP contribution is -2.30. The lowest BCUT2D eigenvalue weighted by Gasteiger charge is -2.21. The number of benzene rings is 2. The number of ether oxygens (including phenoxy) is 2. The molecule has 0 atom stereocenters. The standard InChI is InChI=1S/C21H27NO3/c1-5-22(15-18-10-12-19(24-3)20(14-18)25-4)21(23)13-11-17-8-6-16(2)7-9-17/h6-10,12,14H,5,11,13,15H2,1-4H3. The van der Waals surface area contributed by atoms with Crippen molar-refractivity contribution >= 4 is 5.91 Å². The second kappa shape index (κ2) is 9.11. The zero-order valence-corrected chi connectivity index (χ0v) is 15.5. The van der Waals surface area contributed by atoms with Crippen LogP contribution in [0.25, 0.3) is 0 Å². The maximum atomic E-state index is 12.6. The van der Waals surface area contributed by atoms with Gasteiger partial charge in [0, 0.05) is 19.5 Å².